The van der Waals surface area contributed by atoms with E-state index in [0.717, 1.165) is 24.2 Å². The van der Waals surface area contributed by atoms with Crippen molar-refractivity contribution >= 4 is 5.97 Å². The lowest BCUT2D eigenvalue weighted by molar-refractivity contribution is -0.233. The second kappa shape index (κ2) is 3.60. The normalized spacial score (nSPS) is 46.2. The van der Waals surface area contributed by atoms with E-state index in [4.69, 9.17) is 4.74 Å². The number of ether oxygens (including phenoxy) is 1. The van der Waals surface area contributed by atoms with E-state index in [0.29, 0.717) is 11.0 Å². The van der Waals surface area contributed by atoms with Crippen molar-refractivity contribution in [3.63, 3.8) is 0 Å². The fraction of sp³-hybridized carbons (Fsp3) is 0.800. The van der Waals surface area contributed by atoms with Crippen LogP contribution in [0.15, 0.2) is 12.2 Å². The largest absolute Gasteiger partial charge is 0.458 e. The highest BCUT2D eigenvalue weighted by atomic mass is 16.5. The summed E-state index contributed by atoms with van der Waals surface area (Å²) in [5.74, 6) is 2.38. The molecule has 3 rings (SSSR count). The van der Waals surface area contributed by atoms with E-state index >= 15 is 0 Å². The van der Waals surface area contributed by atoms with Gasteiger partial charge in [-0.25, -0.2) is 4.79 Å². The molecule has 2 nitrogen and oxygen atoms in total. The van der Waals surface area contributed by atoms with Crippen LogP contribution in [0.2, 0.25) is 0 Å². The molecule has 0 aromatic heterocycles. The van der Waals surface area contributed by atoms with E-state index in [9.17, 15) is 4.79 Å². The molecule has 3 fully saturated rings. The van der Waals surface area contributed by atoms with E-state index in [-0.39, 0.29) is 12.1 Å². The van der Waals surface area contributed by atoms with Crippen LogP contribution < -0.4 is 0 Å². The standard InChI is InChI=1S/C15H22O2/c1-4-10-5-11-6-12-7-13(15(11,12)8-10)17-14(16)9(2)3/h10-13H,2,4-8H2,1,3H3. The van der Waals surface area contributed by atoms with E-state index < -0.39 is 0 Å². The van der Waals surface area contributed by atoms with E-state index in [1.807, 2.05) is 0 Å². The Hall–Kier alpha value is -0.790. The first-order valence-corrected chi connectivity index (χ1v) is 6.94. The number of esters is 1. The monoisotopic (exact) mass is 234 g/mol. The highest BCUT2D eigenvalue weighted by Gasteiger charge is 2.70. The van der Waals surface area contributed by atoms with Crippen molar-refractivity contribution < 1.29 is 9.53 Å². The Morgan fingerprint density at radius 3 is 2.65 bits per heavy atom. The fourth-order valence-electron chi connectivity index (χ4n) is 4.58. The molecule has 1 spiro atoms. The third kappa shape index (κ3) is 1.36. The number of hydrogen-bond donors (Lipinski definition) is 0. The number of carbonyl (C=O) groups is 1. The van der Waals surface area contributed by atoms with Gasteiger partial charge >= 0.3 is 5.97 Å². The summed E-state index contributed by atoms with van der Waals surface area (Å²) >= 11 is 0. The lowest BCUT2D eigenvalue weighted by Crippen LogP contribution is -2.64. The molecule has 0 heterocycles. The van der Waals surface area contributed by atoms with Gasteiger partial charge in [-0.05, 0) is 50.4 Å². The van der Waals surface area contributed by atoms with Crippen molar-refractivity contribution in [2.24, 2.45) is 23.2 Å². The van der Waals surface area contributed by atoms with Crippen LogP contribution in [0.1, 0.15) is 46.0 Å². The first-order chi connectivity index (χ1) is 8.07. The highest BCUT2D eigenvalue weighted by Crippen LogP contribution is 2.73. The predicted molar refractivity (Wildman–Crippen MR) is 66.4 cm³/mol. The Kier molecular flexibility index (Phi) is 2.39. The van der Waals surface area contributed by atoms with Crippen molar-refractivity contribution in [3.05, 3.63) is 12.2 Å². The number of carbonyl (C=O) groups excluding carboxylic acids is 1. The lowest BCUT2D eigenvalue weighted by atomic mass is 9.42. The molecular formula is C15H22O2. The molecule has 0 N–H and O–H groups in total. The molecule has 3 saturated carbocycles. The van der Waals surface area contributed by atoms with Crippen LogP contribution >= 0.6 is 0 Å². The molecule has 17 heavy (non-hydrogen) atoms. The van der Waals surface area contributed by atoms with Crippen LogP contribution in [0.4, 0.5) is 0 Å². The van der Waals surface area contributed by atoms with Crippen LogP contribution in [0, 0.1) is 23.2 Å². The Balaban J connectivity index is 1.70. The van der Waals surface area contributed by atoms with E-state index in [1.165, 1.54) is 25.7 Å². The molecule has 5 atom stereocenters. The van der Waals surface area contributed by atoms with Gasteiger partial charge in [0.05, 0.1) is 0 Å². The van der Waals surface area contributed by atoms with Crippen molar-refractivity contribution in [1.82, 2.24) is 0 Å². The molecule has 3 aliphatic rings. The van der Waals surface area contributed by atoms with Gasteiger partial charge in [-0.15, -0.1) is 0 Å². The van der Waals surface area contributed by atoms with Crippen LogP contribution in [-0.2, 0) is 9.53 Å². The van der Waals surface area contributed by atoms with Crippen LogP contribution in [0.3, 0.4) is 0 Å². The van der Waals surface area contributed by atoms with Gasteiger partial charge in [-0.1, -0.05) is 19.9 Å². The van der Waals surface area contributed by atoms with E-state index in [2.05, 4.69) is 13.5 Å². The molecule has 0 amide bonds. The molecule has 94 valence electrons. The fourth-order valence-corrected chi connectivity index (χ4v) is 4.58. The Morgan fingerprint density at radius 1 is 1.35 bits per heavy atom. The molecule has 0 aromatic carbocycles. The molecule has 0 radical (unpaired) electrons. The van der Waals surface area contributed by atoms with Crippen LogP contribution in [0.25, 0.3) is 0 Å². The van der Waals surface area contributed by atoms with Gasteiger partial charge in [-0.2, -0.15) is 0 Å². The molecule has 3 aliphatic carbocycles. The average Bonchev–Trinajstić information content (AvgIpc) is 2.64. The predicted octanol–water partition coefficient (Wildman–Crippen LogP) is 3.32. The Labute approximate surface area is 103 Å². The molecule has 0 bridgehead atoms. The topological polar surface area (TPSA) is 26.3 Å². The number of hydrogen-bond acceptors (Lipinski definition) is 2. The lowest BCUT2D eigenvalue weighted by Gasteiger charge is -2.65. The SMILES string of the molecule is C=C(C)C(=O)OC1CC2CC3CC(CC)CC321. The summed E-state index contributed by atoms with van der Waals surface area (Å²) in [6.45, 7) is 7.69. The maximum absolute atomic E-state index is 11.6. The van der Waals surface area contributed by atoms with Crippen molar-refractivity contribution in [2.45, 2.75) is 52.1 Å². The smallest absolute Gasteiger partial charge is 0.333 e. The summed E-state index contributed by atoms with van der Waals surface area (Å²) < 4.78 is 5.64. The summed E-state index contributed by atoms with van der Waals surface area (Å²) in [5.41, 5.74) is 0.928. The third-order valence-corrected chi connectivity index (χ3v) is 5.62. The van der Waals surface area contributed by atoms with Gasteiger partial charge in [-0.3, -0.25) is 0 Å². The van der Waals surface area contributed by atoms with Gasteiger partial charge in [0.1, 0.15) is 6.10 Å². The quantitative estimate of drug-likeness (QED) is 0.553. The summed E-state index contributed by atoms with van der Waals surface area (Å²) in [6.07, 6.45) is 6.64. The molecule has 0 saturated heterocycles. The summed E-state index contributed by atoms with van der Waals surface area (Å²) in [6, 6.07) is 0. The zero-order chi connectivity index (χ0) is 12.2. The summed E-state index contributed by atoms with van der Waals surface area (Å²) in [4.78, 5) is 11.6. The van der Waals surface area contributed by atoms with Gasteiger partial charge in [0.2, 0.25) is 0 Å². The summed E-state index contributed by atoms with van der Waals surface area (Å²) in [5, 5.41) is 0. The molecule has 2 heteroatoms. The summed E-state index contributed by atoms with van der Waals surface area (Å²) in [7, 11) is 0. The van der Waals surface area contributed by atoms with Crippen molar-refractivity contribution in [1.29, 1.82) is 0 Å². The zero-order valence-corrected chi connectivity index (χ0v) is 10.9. The second-order valence-electron chi connectivity index (χ2n) is 6.37. The minimum atomic E-state index is -0.187. The maximum Gasteiger partial charge on any atom is 0.333 e. The first kappa shape index (κ1) is 11.3. The molecule has 5 unspecified atom stereocenters. The second-order valence-corrected chi connectivity index (χ2v) is 6.37. The van der Waals surface area contributed by atoms with Crippen LogP contribution in [0.5, 0.6) is 0 Å². The zero-order valence-electron chi connectivity index (χ0n) is 10.9. The molecule has 0 aliphatic heterocycles. The average molecular weight is 234 g/mol. The van der Waals surface area contributed by atoms with Crippen molar-refractivity contribution in [3.8, 4) is 0 Å². The number of rotatable bonds is 3. The van der Waals surface area contributed by atoms with Gasteiger partial charge in [0.25, 0.3) is 0 Å². The van der Waals surface area contributed by atoms with E-state index in [1.54, 1.807) is 6.92 Å². The molecule has 0 aromatic rings. The maximum atomic E-state index is 11.6. The Bertz CT molecular complexity index is 373. The van der Waals surface area contributed by atoms with Crippen molar-refractivity contribution in [2.75, 3.05) is 0 Å². The molecular weight excluding hydrogens is 212 g/mol. The van der Waals surface area contributed by atoms with Crippen LogP contribution in [-0.4, -0.2) is 12.1 Å². The van der Waals surface area contributed by atoms with Gasteiger partial charge in [0.15, 0.2) is 0 Å². The van der Waals surface area contributed by atoms with Gasteiger partial charge < -0.3 is 4.74 Å². The Morgan fingerprint density at radius 2 is 2.06 bits per heavy atom. The first-order valence-electron chi connectivity index (χ1n) is 6.94. The van der Waals surface area contributed by atoms with Gasteiger partial charge in [0, 0.05) is 11.0 Å². The minimum absolute atomic E-state index is 0.187. The minimum Gasteiger partial charge on any atom is -0.458 e. The highest BCUT2D eigenvalue weighted by molar-refractivity contribution is 5.87. The third-order valence-electron chi connectivity index (χ3n) is 5.62.